The zero-order valence-electron chi connectivity index (χ0n) is 20.2. The van der Waals surface area contributed by atoms with E-state index >= 15 is 0 Å². The predicted octanol–water partition coefficient (Wildman–Crippen LogP) is 4.51. The molecule has 1 N–H and O–H groups in total. The molecular formula is C26H44N2O4. The van der Waals surface area contributed by atoms with Crippen molar-refractivity contribution >= 4 is 5.91 Å². The van der Waals surface area contributed by atoms with E-state index in [0.717, 1.165) is 37.5 Å². The lowest BCUT2D eigenvalue weighted by Crippen LogP contribution is -2.38. The van der Waals surface area contributed by atoms with Crippen LogP contribution in [0.5, 0.6) is 5.75 Å². The van der Waals surface area contributed by atoms with Gasteiger partial charge in [-0.25, -0.2) is 0 Å². The van der Waals surface area contributed by atoms with Crippen LogP contribution in [0.3, 0.4) is 0 Å². The number of ether oxygens (including phenoxy) is 3. The fraction of sp³-hybridized carbons (Fsp3) is 0.731. The van der Waals surface area contributed by atoms with Crippen molar-refractivity contribution in [1.82, 2.24) is 10.2 Å². The van der Waals surface area contributed by atoms with Crippen LogP contribution in [0.1, 0.15) is 76.8 Å². The smallest absolute Gasteiger partial charge is 0.225 e. The van der Waals surface area contributed by atoms with Crippen molar-refractivity contribution in [3.8, 4) is 5.75 Å². The van der Waals surface area contributed by atoms with Crippen LogP contribution in [0.4, 0.5) is 0 Å². The number of nitrogens with zero attached hydrogens (tertiary/aromatic N) is 1. The maximum atomic E-state index is 11.6. The number of fused-ring (bicyclic) bond motifs is 1. The van der Waals surface area contributed by atoms with Gasteiger partial charge >= 0.3 is 0 Å². The van der Waals surface area contributed by atoms with Gasteiger partial charge in [0.2, 0.25) is 5.91 Å². The third kappa shape index (κ3) is 7.19. The van der Waals surface area contributed by atoms with Crippen LogP contribution >= 0.6 is 0 Å². The van der Waals surface area contributed by atoms with E-state index in [1.165, 1.54) is 57.3 Å². The van der Waals surface area contributed by atoms with E-state index in [-0.39, 0.29) is 13.8 Å². The summed E-state index contributed by atoms with van der Waals surface area (Å²) < 4.78 is 15.6. The van der Waals surface area contributed by atoms with Crippen molar-refractivity contribution in [2.24, 2.45) is 0 Å². The Bertz CT molecular complexity index is 700. The largest absolute Gasteiger partial charge is 0.493 e. The van der Waals surface area contributed by atoms with E-state index in [4.69, 9.17) is 14.2 Å². The highest BCUT2D eigenvalue weighted by Gasteiger charge is 2.25. The minimum absolute atomic E-state index is 0. The first-order valence-corrected chi connectivity index (χ1v) is 12.5. The monoisotopic (exact) mass is 448 g/mol. The molecule has 0 bridgehead atoms. The zero-order valence-corrected chi connectivity index (χ0v) is 20.2. The van der Waals surface area contributed by atoms with Gasteiger partial charge in [0.15, 0.2) is 6.29 Å². The van der Waals surface area contributed by atoms with Gasteiger partial charge in [-0.2, -0.15) is 0 Å². The molecule has 4 rings (SSSR count). The number of benzene rings is 1. The molecule has 0 aromatic heterocycles. The number of amides is 1. The molecule has 1 saturated carbocycles. The molecule has 3 aliphatic rings. The Morgan fingerprint density at radius 3 is 2.53 bits per heavy atom. The van der Waals surface area contributed by atoms with Crippen molar-refractivity contribution in [1.29, 1.82) is 0 Å². The Morgan fingerprint density at radius 2 is 1.88 bits per heavy atom. The molecule has 1 amide bonds. The van der Waals surface area contributed by atoms with Crippen LogP contribution in [0, 0.1) is 0 Å². The first-order valence-electron chi connectivity index (χ1n) is 12.5. The van der Waals surface area contributed by atoms with Gasteiger partial charge in [-0.1, -0.05) is 38.3 Å². The summed E-state index contributed by atoms with van der Waals surface area (Å²) in [6.07, 6.45) is 9.55. The van der Waals surface area contributed by atoms with Crippen LogP contribution in [0.25, 0.3) is 0 Å². The Kier molecular flexibility index (Phi) is 10.3. The minimum atomic E-state index is -0.423. The molecule has 2 heterocycles. The number of likely N-dealkylation sites (tertiary alicyclic amines) is 1. The SMILES string of the molecule is CCN1CCC(c2cccc3c2CCO3)CC1.COC(CC(=O)NC1CCCCC1)OC.[HH]. The Labute approximate surface area is 195 Å². The molecule has 182 valence electrons. The van der Waals surface area contributed by atoms with E-state index in [0.29, 0.717) is 6.04 Å². The number of hydrogen-bond acceptors (Lipinski definition) is 5. The van der Waals surface area contributed by atoms with Crippen molar-refractivity contribution in [3.05, 3.63) is 29.3 Å². The Morgan fingerprint density at radius 1 is 1.16 bits per heavy atom. The average Bonchev–Trinajstić information content (AvgIpc) is 3.33. The summed E-state index contributed by atoms with van der Waals surface area (Å²) >= 11 is 0. The molecule has 0 spiro atoms. The van der Waals surface area contributed by atoms with Crippen molar-refractivity contribution in [2.45, 2.75) is 83.0 Å². The standard InChI is InChI=1S/C15H21NO.C11H21NO3.H2/c1-2-16-9-6-12(7-10-16)13-4-3-5-15-14(13)8-11-17-15;1-14-11(15-2)8-10(13)12-9-6-4-3-5-7-9;/h3-5,12H,2,6-11H2,1H3;9,11H,3-8H2,1-2H3,(H,12,13);1H. The van der Waals surface area contributed by atoms with Gasteiger partial charge in [0, 0.05) is 33.7 Å². The summed E-state index contributed by atoms with van der Waals surface area (Å²) in [5.41, 5.74) is 3.05. The predicted molar refractivity (Wildman–Crippen MR) is 129 cm³/mol. The highest BCUT2D eigenvalue weighted by Crippen LogP contribution is 2.36. The molecule has 1 saturated heterocycles. The van der Waals surface area contributed by atoms with Crippen LogP contribution < -0.4 is 10.1 Å². The lowest BCUT2D eigenvalue weighted by atomic mass is 9.86. The number of piperidine rings is 1. The fourth-order valence-electron chi connectivity index (χ4n) is 5.14. The van der Waals surface area contributed by atoms with E-state index < -0.39 is 6.29 Å². The number of nitrogens with one attached hydrogen (secondary N) is 1. The summed E-state index contributed by atoms with van der Waals surface area (Å²) in [4.78, 5) is 14.1. The van der Waals surface area contributed by atoms with Gasteiger partial charge in [-0.3, -0.25) is 4.79 Å². The third-order valence-corrected chi connectivity index (χ3v) is 7.10. The molecule has 6 nitrogen and oxygen atoms in total. The summed E-state index contributed by atoms with van der Waals surface area (Å²) in [5, 5.41) is 3.02. The van der Waals surface area contributed by atoms with Crippen LogP contribution in [-0.4, -0.2) is 63.6 Å². The topological polar surface area (TPSA) is 60.0 Å². The highest BCUT2D eigenvalue weighted by atomic mass is 16.7. The Balaban J connectivity index is 0.000000229. The first kappa shape index (κ1) is 25.0. The molecule has 2 aliphatic heterocycles. The average molecular weight is 449 g/mol. The van der Waals surface area contributed by atoms with Crippen molar-refractivity contribution in [3.63, 3.8) is 0 Å². The molecule has 6 heteroatoms. The molecule has 2 fully saturated rings. The number of hydrogen-bond donors (Lipinski definition) is 1. The van der Waals surface area contributed by atoms with Gasteiger partial charge < -0.3 is 24.4 Å². The van der Waals surface area contributed by atoms with Crippen molar-refractivity contribution < 1.29 is 20.4 Å². The second-order valence-corrected chi connectivity index (χ2v) is 9.14. The summed E-state index contributed by atoms with van der Waals surface area (Å²) in [6, 6.07) is 6.96. The molecule has 0 radical (unpaired) electrons. The summed E-state index contributed by atoms with van der Waals surface area (Å²) in [7, 11) is 3.09. The number of carbonyl (C=O) groups excluding carboxylic acids is 1. The lowest BCUT2D eigenvalue weighted by molar-refractivity contribution is -0.139. The summed E-state index contributed by atoms with van der Waals surface area (Å²) in [5.74, 6) is 1.92. The zero-order chi connectivity index (χ0) is 22.8. The Hall–Kier alpha value is -1.63. The van der Waals surface area contributed by atoms with Gasteiger partial charge in [-0.05, 0) is 62.9 Å². The fourth-order valence-corrected chi connectivity index (χ4v) is 5.14. The number of methoxy groups -OCH3 is 2. The molecule has 0 atom stereocenters. The normalized spacial score (nSPS) is 19.8. The quantitative estimate of drug-likeness (QED) is 0.622. The molecular weight excluding hydrogens is 404 g/mol. The van der Waals surface area contributed by atoms with Crippen LogP contribution in [-0.2, 0) is 20.7 Å². The van der Waals surface area contributed by atoms with E-state index in [2.05, 4.69) is 35.3 Å². The van der Waals surface area contributed by atoms with E-state index in [1.54, 1.807) is 19.8 Å². The molecule has 32 heavy (non-hydrogen) atoms. The minimum Gasteiger partial charge on any atom is -0.493 e. The van der Waals surface area contributed by atoms with Crippen LogP contribution in [0.2, 0.25) is 0 Å². The number of rotatable bonds is 7. The first-order chi connectivity index (χ1) is 15.6. The van der Waals surface area contributed by atoms with Gasteiger partial charge in [0.05, 0.1) is 13.0 Å². The second kappa shape index (κ2) is 13.2. The van der Waals surface area contributed by atoms with Crippen LogP contribution in [0.15, 0.2) is 18.2 Å². The molecule has 0 unspecified atom stereocenters. The van der Waals surface area contributed by atoms with Crippen molar-refractivity contribution in [2.75, 3.05) is 40.5 Å². The number of carbonyl (C=O) groups is 1. The summed E-state index contributed by atoms with van der Waals surface area (Å²) in [6.45, 7) is 6.84. The van der Waals surface area contributed by atoms with Gasteiger partial charge in [0.25, 0.3) is 0 Å². The lowest BCUT2D eigenvalue weighted by Gasteiger charge is -2.32. The van der Waals surface area contributed by atoms with E-state index in [9.17, 15) is 4.79 Å². The van der Waals surface area contributed by atoms with E-state index in [1.807, 2.05) is 0 Å². The third-order valence-electron chi connectivity index (χ3n) is 7.10. The second-order valence-electron chi connectivity index (χ2n) is 9.14. The maximum Gasteiger partial charge on any atom is 0.225 e. The maximum absolute atomic E-state index is 11.6. The highest BCUT2D eigenvalue weighted by molar-refractivity contribution is 5.76. The molecule has 1 aromatic carbocycles. The van der Waals surface area contributed by atoms with Gasteiger partial charge in [0.1, 0.15) is 5.75 Å². The molecule has 1 aromatic rings. The van der Waals surface area contributed by atoms with Gasteiger partial charge in [-0.15, -0.1) is 0 Å². The molecule has 1 aliphatic carbocycles.